The van der Waals surface area contributed by atoms with Crippen LogP contribution < -0.4 is 5.73 Å². The SMILES string of the molecule is Cc1ccc(CC(C)(C)CN)cc1. The molecule has 1 aromatic rings. The van der Waals surface area contributed by atoms with Crippen LogP contribution in [0.5, 0.6) is 0 Å². The highest BCUT2D eigenvalue weighted by atomic mass is 14.6. The topological polar surface area (TPSA) is 26.0 Å². The van der Waals surface area contributed by atoms with Crippen molar-refractivity contribution in [2.45, 2.75) is 27.2 Å². The van der Waals surface area contributed by atoms with Gasteiger partial charge in [-0.15, -0.1) is 0 Å². The zero-order valence-electron chi connectivity index (χ0n) is 8.80. The van der Waals surface area contributed by atoms with Crippen LogP contribution in [0.4, 0.5) is 0 Å². The molecule has 2 N–H and O–H groups in total. The van der Waals surface area contributed by atoms with Gasteiger partial charge in [0.25, 0.3) is 0 Å². The minimum absolute atomic E-state index is 0.218. The maximum absolute atomic E-state index is 5.68. The van der Waals surface area contributed by atoms with Crippen molar-refractivity contribution in [1.82, 2.24) is 0 Å². The molecule has 0 spiro atoms. The maximum atomic E-state index is 5.68. The summed E-state index contributed by atoms with van der Waals surface area (Å²) < 4.78 is 0. The molecule has 1 nitrogen and oxygen atoms in total. The van der Waals surface area contributed by atoms with Crippen LogP contribution in [-0.4, -0.2) is 6.54 Å². The normalized spacial score (nSPS) is 11.7. The standard InChI is InChI=1S/C12H19N/c1-10-4-6-11(7-5-10)8-12(2,3)9-13/h4-7H,8-9,13H2,1-3H3. The molecule has 72 valence electrons. The summed E-state index contributed by atoms with van der Waals surface area (Å²) in [6.45, 7) is 7.25. The molecule has 0 fully saturated rings. The Morgan fingerprint density at radius 2 is 1.69 bits per heavy atom. The van der Waals surface area contributed by atoms with Gasteiger partial charge in [0.1, 0.15) is 0 Å². The van der Waals surface area contributed by atoms with E-state index in [2.05, 4.69) is 45.0 Å². The second-order valence-electron chi connectivity index (χ2n) is 4.53. The van der Waals surface area contributed by atoms with E-state index in [0.717, 1.165) is 13.0 Å². The first kappa shape index (κ1) is 10.3. The van der Waals surface area contributed by atoms with E-state index in [4.69, 9.17) is 5.73 Å². The predicted molar refractivity (Wildman–Crippen MR) is 57.7 cm³/mol. The van der Waals surface area contributed by atoms with Gasteiger partial charge in [-0.05, 0) is 30.9 Å². The number of aryl methyl sites for hydroxylation is 1. The van der Waals surface area contributed by atoms with Crippen molar-refractivity contribution in [2.75, 3.05) is 6.54 Å². The molecule has 0 saturated carbocycles. The molecule has 1 rings (SSSR count). The van der Waals surface area contributed by atoms with Crippen LogP contribution in [0.15, 0.2) is 24.3 Å². The van der Waals surface area contributed by atoms with Crippen LogP contribution >= 0.6 is 0 Å². The molecule has 0 unspecified atom stereocenters. The van der Waals surface area contributed by atoms with Crippen molar-refractivity contribution in [3.8, 4) is 0 Å². The Balaban J connectivity index is 2.69. The molecule has 1 heteroatoms. The van der Waals surface area contributed by atoms with E-state index < -0.39 is 0 Å². The molecular formula is C12H19N. The Morgan fingerprint density at radius 1 is 1.15 bits per heavy atom. The van der Waals surface area contributed by atoms with Gasteiger partial charge in [-0.25, -0.2) is 0 Å². The Morgan fingerprint density at radius 3 is 2.15 bits per heavy atom. The van der Waals surface area contributed by atoms with E-state index in [0.29, 0.717) is 0 Å². The molecule has 1 aromatic carbocycles. The lowest BCUT2D eigenvalue weighted by molar-refractivity contribution is 0.377. The van der Waals surface area contributed by atoms with Crippen molar-refractivity contribution in [3.05, 3.63) is 35.4 Å². The van der Waals surface area contributed by atoms with E-state index in [9.17, 15) is 0 Å². The summed E-state index contributed by atoms with van der Waals surface area (Å²) >= 11 is 0. The largest absolute Gasteiger partial charge is 0.330 e. The van der Waals surface area contributed by atoms with Crippen LogP contribution in [0, 0.1) is 12.3 Å². The molecule has 0 saturated heterocycles. The molecular weight excluding hydrogens is 158 g/mol. The van der Waals surface area contributed by atoms with Gasteiger partial charge >= 0.3 is 0 Å². The molecule has 0 bridgehead atoms. The molecule has 13 heavy (non-hydrogen) atoms. The van der Waals surface area contributed by atoms with Crippen LogP contribution in [0.1, 0.15) is 25.0 Å². The lowest BCUT2D eigenvalue weighted by Gasteiger charge is -2.22. The molecule has 0 aromatic heterocycles. The summed E-state index contributed by atoms with van der Waals surface area (Å²) in [5.41, 5.74) is 8.59. The lowest BCUT2D eigenvalue weighted by Crippen LogP contribution is -2.25. The fraction of sp³-hybridized carbons (Fsp3) is 0.500. The molecule has 0 atom stereocenters. The second-order valence-corrected chi connectivity index (χ2v) is 4.53. The van der Waals surface area contributed by atoms with Crippen molar-refractivity contribution in [1.29, 1.82) is 0 Å². The fourth-order valence-corrected chi connectivity index (χ4v) is 1.33. The second kappa shape index (κ2) is 3.93. The number of benzene rings is 1. The van der Waals surface area contributed by atoms with Gasteiger partial charge in [-0.2, -0.15) is 0 Å². The summed E-state index contributed by atoms with van der Waals surface area (Å²) in [7, 11) is 0. The molecule has 0 aliphatic carbocycles. The summed E-state index contributed by atoms with van der Waals surface area (Å²) in [5, 5.41) is 0. The first-order valence-electron chi connectivity index (χ1n) is 4.79. The average Bonchev–Trinajstić information content (AvgIpc) is 2.09. The smallest absolute Gasteiger partial charge is 0.00226 e. The highest BCUT2D eigenvalue weighted by Crippen LogP contribution is 2.20. The van der Waals surface area contributed by atoms with E-state index in [-0.39, 0.29) is 5.41 Å². The highest BCUT2D eigenvalue weighted by molar-refractivity contribution is 5.22. The molecule has 0 radical (unpaired) electrons. The first-order valence-corrected chi connectivity index (χ1v) is 4.79. The van der Waals surface area contributed by atoms with E-state index in [1.54, 1.807) is 0 Å². The third-order valence-corrected chi connectivity index (χ3v) is 2.36. The predicted octanol–water partition coefficient (Wildman–Crippen LogP) is 2.52. The molecule has 0 amide bonds. The van der Waals surface area contributed by atoms with Crippen molar-refractivity contribution in [3.63, 3.8) is 0 Å². The number of hydrogen-bond donors (Lipinski definition) is 1. The van der Waals surface area contributed by atoms with Crippen LogP contribution in [0.2, 0.25) is 0 Å². The number of hydrogen-bond acceptors (Lipinski definition) is 1. The minimum atomic E-state index is 0.218. The van der Waals surface area contributed by atoms with Crippen molar-refractivity contribution in [2.24, 2.45) is 11.1 Å². The molecule has 0 heterocycles. The van der Waals surface area contributed by atoms with Gasteiger partial charge < -0.3 is 5.73 Å². The summed E-state index contributed by atoms with van der Waals surface area (Å²) in [5.74, 6) is 0. The van der Waals surface area contributed by atoms with E-state index >= 15 is 0 Å². The van der Waals surface area contributed by atoms with E-state index in [1.807, 2.05) is 0 Å². The van der Waals surface area contributed by atoms with Gasteiger partial charge in [0.05, 0.1) is 0 Å². The highest BCUT2D eigenvalue weighted by Gasteiger charge is 2.15. The van der Waals surface area contributed by atoms with E-state index in [1.165, 1.54) is 11.1 Å². The monoisotopic (exact) mass is 177 g/mol. The number of nitrogens with two attached hydrogens (primary N) is 1. The quantitative estimate of drug-likeness (QED) is 0.754. The van der Waals surface area contributed by atoms with Crippen molar-refractivity contribution >= 4 is 0 Å². The van der Waals surface area contributed by atoms with Crippen molar-refractivity contribution < 1.29 is 0 Å². The third-order valence-electron chi connectivity index (χ3n) is 2.36. The van der Waals surface area contributed by atoms with Gasteiger partial charge in [0.2, 0.25) is 0 Å². The molecule has 0 aliphatic rings. The Kier molecular flexibility index (Phi) is 3.10. The van der Waals surface area contributed by atoms with Crippen LogP contribution in [-0.2, 0) is 6.42 Å². The Bertz CT molecular complexity index is 259. The Hall–Kier alpha value is -0.820. The third kappa shape index (κ3) is 3.19. The van der Waals surface area contributed by atoms with Gasteiger partial charge in [0, 0.05) is 0 Å². The summed E-state index contributed by atoms with van der Waals surface area (Å²) in [4.78, 5) is 0. The fourth-order valence-electron chi connectivity index (χ4n) is 1.33. The first-order chi connectivity index (χ1) is 6.03. The molecule has 0 aliphatic heterocycles. The Labute approximate surface area is 81.0 Å². The summed E-state index contributed by atoms with van der Waals surface area (Å²) in [6, 6.07) is 8.68. The number of rotatable bonds is 3. The zero-order valence-corrected chi connectivity index (χ0v) is 8.80. The zero-order chi connectivity index (χ0) is 9.90. The van der Waals surface area contributed by atoms with Crippen LogP contribution in [0.25, 0.3) is 0 Å². The lowest BCUT2D eigenvalue weighted by atomic mass is 9.86. The van der Waals surface area contributed by atoms with Crippen LogP contribution in [0.3, 0.4) is 0 Å². The van der Waals surface area contributed by atoms with Gasteiger partial charge in [-0.3, -0.25) is 0 Å². The average molecular weight is 177 g/mol. The van der Waals surface area contributed by atoms with Gasteiger partial charge in [0.15, 0.2) is 0 Å². The summed E-state index contributed by atoms with van der Waals surface area (Å²) in [6.07, 6.45) is 1.06. The minimum Gasteiger partial charge on any atom is -0.330 e. The maximum Gasteiger partial charge on any atom is -0.00226 e. The van der Waals surface area contributed by atoms with Gasteiger partial charge in [-0.1, -0.05) is 43.7 Å².